The van der Waals surface area contributed by atoms with E-state index in [1.807, 2.05) is 19.1 Å². The van der Waals surface area contributed by atoms with E-state index in [1.165, 1.54) is 32.4 Å². The average molecular weight is 610 g/mol. The van der Waals surface area contributed by atoms with Crippen LogP contribution in [0.15, 0.2) is 60.0 Å². The number of benzene rings is 1. The van der Waals surface area contributed by atoms with Gasteiger partial charge >= 0.3 is 0 Å². The number of likely N-dealkylation sites (N-methyl/N-ethyl adjacent to an activating group) is 2. The maximum Gasteiger partial charge on any atom is 0.232 e. The summed E-state index contributed by atoms with van der Waals surface area (Å²) in [7, 11) is 5.52. The van der Waals surface area contributed by atoms with E-state index in [4.69, 9.17) is 9.73 Å². The Morgan fingerprint density at radius 2 is 1.84 bits per heavy atom. The van der Waals surface area contributed by atoms with Gasteiger partial charge in [0.25, 0.3) is 0 Å². The van der Waals surface area contributed by atoms with E-state index in [0.717, 1.165) is 37.5 Å². The van der Waals surface area contributed by atoms with Crippen molar-refractivity contribution in [3.63, 3.8) is 0 Å². The molecule has 1 saturated carbocycles. The molecule has 1 aliphatic carbocycles. The number of aliphatic imine (C=N–C) groups is 1. The second-order valence-corrected chi connectivity index (χ2v) is 11.3. The normalized spacial score (nSPS) is 21.0. The molecule has 244 valence electrons. The molecule has 10 nitrogen and oxygen atoms in total. The molecule has 1 unspecified atom stereocenters. The van der Waals surface area contributed by atoms with Crippen LogP contribution in [0.4, 0.5) is 11.4 Å². The lowest BCUT2D eigenvalue weighted by atomic mass is 10.0. The van der Waals surface area contributed by atoms with Crippen LogP contribution in [-0.4, -0.2) is 92.8 Å². The minimum atomic E-state index is -0.176. The Balaban J connectivity index is 0.000000576. The maximum absolute atomic E-state index is 13.2. The molecule has 10 heteroatoms. The van der Waals surface area contributed by atoms with Gasteiger partial charge in [0.15, 0.2) is 5.84 Å². The van der Waals surface area contributed by atoms with Crippen molar-refractivity contribution < 1.29 is 14.3 Å². The predicted molar refractivity (Wildman–Crippen MR) is 183 cm³/mol. The molecule has 4 rings (SSSR count). The highest BCUT2D eigenvalue weighted by Gasteiger charge is 2.37. The zero-order chi connectivity index (χ0) is 32.5. The van der Waals surface area contributed by atoms with Crippen LogP contribution in [0.3, 0.4) is 0 Å². The minimum absolute atomic E-state index is 0.0692. The number of piperazine rings is 1. The largest absolute Gasteiger partial charge is 0.494 e. The number of nitrogens with zero attached hydrogens (tertiary/aromatic N) is 4. The number of methoxy groups -OCH3 is 1. The second kappa shape index (κ2) is 19.6. The molecule has 0 aromatic heterocycles. The molecule has 2 amide bonds. The summed E-state index contributed by atoms with van der Waals surface area (Å²) in [6, 6.07) is 5.61. The van der Waals surface area contributed by atoms with Gasteiger partial charge in [-0.05, 0) is 45.4 Å². The molecular formula is C34H55N7O3. The van der Waals surface area contributed by atoms with Crippen LogP contribution >= 0.6 is 0 Å². The van der Waals surface area contributed by atoms with Gasteiger partial charge in [-0.25, -0.2) is 4.99 Å². The van der Waals surface area contributed by atoms with Crippen molar-refractivity contribution in [2.45, 2.75) is 65.3 Å². The summed E-state index contributed by atoms with van der Waals surface area (Å²) in [5.74, 6) is 1.61. The number of amidine groups is 1. The van der Waals surface area contributed by atoms with Gasteiger partial charge in [0.05, 0.1) is 24.4 Å². The molecule has 3 N–H and O–H groups in total. The Labute approximate surface area is 265 Å². The van der Waals surface area contributed by atoms with E-state index in [9.17, 15) is 9.59 Å². The Morgan fingerprint density at radius 1 is 1.18 bits per heavy atom. The number of carbonyl (C=O) groups excluding carboxylic acids is 2. The average Bonchev–Trinajstić information content (AvgIpc) is 3.53. The zero-order valence-electron chi connectivity index (χ0n) is 27.8. The van der Waals surface area contributed by atoms with Crippen molar-refractivity contribution >= 4 is 29.5 Å². The Hall–Kier alpha value is -3.63. The molecule has 2 saturated heterocycles. The van der Waals surface area contributed by atoms with Gasteiger partial charge in [0.2, 0.25) is 12.3 Å². The molecule has 3 fully saturated rings. The fraction of sp³-hybridized carbons (Fsp3) is 0.559. The van der Waals surface area contributed by atoms with Crippen molar-refractivity contribution in [1.82, 2.24) is 20.0 Å². The number of hydrogen-bond donors (Lipinski definition) is 3. The highest BCUT2D eigenvalue weighted by molar-refractivity contribution is 6.04. The lowest BCUT2D eigenvalue weighted by molar-refractivity contribution is -0.131. The molecule has 0 spiro atoms. The summed E-state index contributed by atoms with van der Waals surface area (Å²) in [6.07, 6.45) is 10.7. The van der Waals surface area contributed by atoms with Crippen LogP contribution in [0.25, 0.3) is 0 Å². The third-order valence-electron chi connectivity index (χ3n) is 7.74. The summed E-state index contributed by atoms with van der Waals surface area (Å²) >= 11 is 0. The smallest absolute Gasteiger partial charge is 0.232 e. The zero-order valence-corrected chi connectivity index (χ0v) is 27.8. The molecule has 0 bridgehead atoms. The molecule has 2 aliphatic heterocycles. The van der Waals surface area contributed by atoms with Crippen LogP contribution in [0.1, 0.15) is 59.3 Å². The van der Waals surface area contributed by atoms with E-state index in [-0.39, 0.29) is 11.8 Å². The SMILES string of the molecule is C=CCC1CN(C2CCCC2)C(=N/C(=C)Nc2ccc(NC=O)cc2OC)/C(=C\C)N(C)C1=O.CCC.CN1CCNCC1. The van der Waals surface area contributed by atoms with E-state index < -0.39 is 0 Å². The monoisotopic (exact) mass is 609 g/mol. The van der Waals surface area contributed by atoms with Gasteiger partial charge in [0, 0.05) is 57.6 Å². The number of allylic oxidation sites excluding steroid dienone is 2. The lowest BCUT2D eigenvalue weighted by Gasteiger charge is -2.32. The van der Waals surface area contributed by atoms with Crippen molar-refractivity contribution in [3.8, 4) is 5.75 Å². The molecular weight excluding hydrogens is 554 g/mol. The predicted octanol–water partition coefficient (Wildman–Crippen LogP) is 5.30. The summed E-state index contributed by atoms with van der Waals surface area (Å²) in [5.41, 5.74) is 2.06. The van der Waals surface area contributed by atoms with Crippen LogP contribution in [-0.2, 0) is 9.59 Å². The summed E-state index contributed by atoms with van der Waals surface area (Å²) < 4.78 is 5.47. The fourth-order valence-corrected chi connectivity index (χ4v) is 5.49. The second-order valence-electron chi connectivity index (χ2n) is 11.3. The van der Waals surface area contributed by atoms with Crippen LogP contribution in [0.2, 0.25) is 0 Å². The quantitative estimate of drug-likeness (QED) is 0.258. The molecule has 1 aromatic carbocycles. The summed E-state index contributed by atoms with van der Waals surface area (Å²) in [6.45, 7) is 19.5. The van der Waals surface area contributed by atoms with Gasteiger partial charge in [-0.1, -0.05) is 51.8 Å². The summed E-state index contributed by atoms with van der Waals surface area (Å²) in [5, 5.41) is 9.11. The van der Waals surface area contributed by atoms with Crippen molar-refractivity contribution in [3.05, 3.63) is 55.0 Å². The number of amides is 2. The molecule has 3 aliphatic rings. The van der Waals surface area contributed by atoms with Gasteiger partial charge in [-0.15, -0.1) is 6.58 Å². The standard InChI is InChI=1S/C26H35N5O3.C5H12N2.C3H8/c1-6-10-19-16-31(21-11-8-9-12-21)25(23(7-2)30(4)26(19)33)29-18(3)28-22-14-13-20(27-17-32)15-24(22)34-5;1-7-4-2-6-3-5-7;1-3-2/h6-7,13-15,17,19,21,28H,1,3,8-12,16H2,2,4-5H3,(H,27,32);6H,2-5H2,1H3;3H2,1-2H3/b23-7+,29-25+;;. The van der Waals surface area contributed by atoms with Crippen molar-refractivity contribution in [2.75, 3.05) is 64.6 Å². The first-order chi connectivity index (χ1) is 21.2. The highest BCUT2D eigenvalue weighted by Crippen LogP contribution is 2.32. The first kappa shape index (κ1) is 36.6. The van der Waals surface area contributed by atoms with Gasteiger partial charge in [0.1, 0.15) is 11.6 Å². The van der Waals surface area contributed by atoms with Gasteiger partial charge in [-0.2, -0.15) is 0 Å². The van der Waals surface area contributed by atoms with Crippen LogP contribution in [0.5, 0.6) is 5.75 Å². The van der Waals surface area contributed by atoms with Crippen LogP contribution in [0, 0.1) is 5.92 Å². The first-order valence-electron chi connectivity index (χ1n) is 15.9. The van der Waals surface area contributed by atoms with E-state index in [2.05, 4.69) is 59.8 Å². The highest BCUT2D eigenvalue weighted by atomic mass is 16.5. The van der Waals surface area contributed by atoms with E-state index in [0.29, 0.717) is 48.4 Å². The van der Waals surface area contributed by atoms with Crippen molar-refractivity contribution in [1.29, 1.82) is 0 Å². The van der Waals surface area contributed by atoms with Gasteiger partial charge < -0.3 is 35.4 Å². The number of nitrogens with one attached hydrogen (secondary N) is 3. The third-order valence-corrected chi connectivity index (χ3v) is 7.74. The number of rotatable bonds is 9. The fourth-order valence-electron chi connectivity index (χ4n) is 5.49. The first-order valence-corrected chi connectivity index (χ1v) is 15.9. The number of carbonyl (C=O) groups is 2. The van der Waals surface area contributed by atoms with Gasteiger partial charge in [-0.3, -0.25) is 9.59 Å². The minimum Gasteiger partial charge on any atom is -0.494 e. The molecule has 2 heterocycles. The molecule has 44 heavy (non-hydrogen) atoms. The van der Waals surface area contributed by atoms with E-state index >= 15 is 0 Å². The van der Waals surface area contributed by atoms with E-state index in [1.54, 1.807) is 37.3 Å². The Morgan fingerprint density at radius 3 is 2.36 bits per heavy atom. The Bertz CT molecular complexity index is 1140. The van der Waals surface area contributed by atoms with Crippen LogP contribution < -0.4 is 20.7 Å². The maximum atomic E-state index is 13.2. The molecule has 1 aromatic rings. The summed E-state index contributed by atoms with van der Waals surface area (Å²) in [4.78, 5) is 35.2. The number of anilines is 2. The lowest BCUT2D eigenvalue weighted by Crippen LogP contribution is -2.42. The molecule has 0 radical (unpaired) electrons. The van der Waals surface area contributed by atoms with Crippen molar-refractivity contribution in [2.24, 2.45) is 10.9 Å². The number of ether oxygens (including phenoxy) is 1. The third kappa shape index (κ3) is 10.8. The number of hydrogen-bond acceptors (Lipinski definition) is 7. The Kier molecular flexibility index (Phi) is 16.3. The topological polar surface area (TPSA) is 102 Å². The molecule has 1 atom stereocenters.